The van der Waals surface area contributed by atoms with Crippen LogP contribution >= 0.6 is 0 Å². The van der Waals surface area contributed by atoms with Crippen molar-refractivity contribution in [1.29, 1.82) is 0 Å². The SMILES string of the molecule is OCC(F)(F)C(F)(F)C(O)(F)F. The lowest BCUT2D eigenvalue weighted by Gasteiger charge is -2.27. The molecule has 0 aromatic carbocycles. The van der Waals surface area contributed by atoms with Gasteiger partial charge in [-0.1, -0.05) is 0 Å². The summed E-state index contributed by atoms with van der Waals surface area (Å²) >= 11 is 0. The Morgan fingerprint density at radius 1 is 0.917 bits per heavy atom. The highest BCUT2D eigenvalue weighted by Gasteiger charge is 2.71. The van der Waals surface area contributed by atoms with Crippen molar-refractivity contribution in [2.45, 2.75) is 18.0 Å². The van der Waals surface area contributed by atoms with E-state index in [0.29, 0.717) is 0 Å². The van der Waals surface area contributed by atoms with E-state index in [-0.39, 0.29) is 0 Å². The van der Waals surface area contributed by atoms with Crippen LogP contribution in [0.1, 0.15) is 0 Å². The van der Waals surface area contributed by atoms with Gasteiger partial charge >= 0.3 is 18.0 Å². The molecule has 0 saturated heterocycles. The third-order valence-corrected chi connectivity index (χ3v) is 1.04. The Morgan fingerprint density at radius 2 is 1.25 bits per heavy atom. The van der Waals surface area contributed by atoms with Crippen LogP contribution in [0.25, 0.3) is 0 Å². The van der Waals surface area contributed by atoms with Crippen molar-refractivity contribution < 1.29 is 36.6 Å². The molecule has 74 valence electrons. The summed E-state index contributed by atoms with van der Waals surface area (Å²) in [6.07, 6.45) is -5.86. The fraction of sp³-hybridized carbons (Fsp3) is 1.00. The lowest BCUT2D eigenvalue weighted by Crippen LogP contribution is -2.55. The van der Waals surface area contributed by atoms with Gasteiger partial charge in [-0.3, -0.25) is 0 Å². The van der Waals surface area contributed by atoms with E-state index in [9.17, 15) is 26.3 Å². The first kappa shape index (κ1) is 11.5. The van der Waals surface area contributed by atoms with Gasteiger partial charge in [0.2, 0.25) is 0 Å². The molecule has 0 aliphatic rings. The maximum absolute atomic E-state index is 11.8. The molecule has 0 aromatic heterocycles. The Hall–Kier alpha value is -0.500. The van der Waals surface area contributed by atoms with E-state index in [4.69, 9.17) is 10.2 Å². The molecule has 0 spiro atoms. The first-order chi connectivity index (χ1) is 5.06. The minimum Gasteiger partial charge on any atom is -0.390 e. The second-order valence-corrected chi connectivity index (χ2v) is 1.98. The molecular formula is C4H4F6O2. The highest BCUT2D eigenvalue weighted by atomic mass is 19.3. The van der Waals surface area contributed by atoms with Crippen LogP contribution in [0.15, 0.2) is 0 Å². The molecule has 0 atom stereocenters. The summed E-state index contributed by atoms with van der Waals surface area (Å²) in [4.78, 5) is 0. The number of hydrogen-bond acceptors (Lipinski definition) is 2. The number of rotatable bonds is 3. The Morgan fingerprint density at radius 3 is 1.33 bits per heavy atom. The van der Waals surface area contributed by atoms with Crippen LogP contribution in [0.4, 0.5) is 26.3 Å². The highest BCUT2D eigenvalue weighted by molar-refractivity contribution is 4.89. The number of alkyl halides is 6. The van der Waals surface area contributed by atoms with Crippen molar-refractivity contribution in [1.82, 2.24) is 0 Å². The smallest absolute Gasteiger partial charge is 0.390 e. The van der Waals surface area contributed by atoms with Crippen LogP contribution in [0.3, 0.4) is 0 Å². The molecule has 12 heavy (non-hydrogen) atoms. The summed E-state index contributed by atoms with van der Waals surface area (Å²) in [6, 6.07) is 0. The van der Waals surface area contributed by atoms with Gasteiger partial charge in [-0.25, -0.2) is 0 Å². The Labute approximate surface area is 62.4 Å². The van der Waals surface area contributed by atoms with Crippen LogP contribution in [0, 0.1) is 0 Å². The molecule has 0 aliphatic heterocycles. The fourth-order valence-corrected chi connectivity index (χ4v) is 0.319. The molecule has 0 unspecified atom stereocenters. The summed E-state index contributed by atoms with van der Waals surface area (Å²) in [5, 5.41) is 15.0. The normalized spacial score (nSPS) is 15.0. The molecule has 2 nitrogen and oxygen atoms in total. The van der Waals surface area contributed by atoms with E-state index in [1.165, 1.54) is 0 Å². The molecule has 0 aliphatic carbocycles. The molecule has 0 amide bonds. The summed E-state index contributed by atoms with van der Waals surface area (Å²) in [6.45, 7) is -2.48. The molecule has 2 N–H and O–H groups in total. The van der Waals surface area contributed by atoms with Crippen LogP contribution in [-0.2, 0) is 0 Å². The molecule has 0 radical (unpaired) electrons. The van der Waals surface area contributed by atoms with Crippen molar-refractivity contribution in [3.05, 3.63) is 0 Å². The van der Waals surface area contributed by atoms with Crippen molar-refractivity contribution in [2.24, 2.45) is 0 Å². The van der Waals surface area contributed by atoms with Gasteiger partial charge < -0.3 is 10.2 Å². The van der Waals surface area contributed by atoms with Crippen LogP contribution in [0.5, 0.6) is 0 Å². The summed E-state index contributed by atoms with van der Waals surface area (Å²) in [7, 11) is 0. The molecule has 8 heteroatoms. The Balaban J connectivity index is 4.85. The van der Waals surface area contributed by atoms with Gasteiger partial charge in [0, 0.05) is 0 Å². The van der Waals surface area contributed by atoms with Gasteiger partial charge in [-0.15, -0.1) is 0 Å². The fourth-order valence-electron chi connectivity index (χ4n) is 0.319. The first-order valence-corrected chi connectivity index (χ1v) is 2.53. The van der Waals surface area contributed by atoms with Crippen LogP contribution in [0.2, 0.25) is 0 Å². The minimum atomic E-state index is -5.98. The first-order valence-electron chi connectivity index (χ1n) is 2.53. The minimum absolute atomic E-state index is 2.48. The number of aliphatic hydroxyl groups excluding tert-OH is 1. The highest BCUT2D eigenvalue weighted by Crippen LogP contribution is 2.43. The predicted molar refractivity (Wildman–Crippen MR) is 24.1 cm³/mol. The van der Waals surface area contributed by atoms with Crippen molar-refractivity contribution in [2.75, 3.05) is 6.61 Å². The van der Waals surface area contributed by atoms with Gasteiger partial charge in [0.15, 0.2) is 0 Å². The topological polar surface area (TPSA) is 40.5 Å². The zero-order valence-corrected chi connectivity index (χ0v) is 5.37. The third kappa shape index (κ3) is 1.63. The Bertz CT molecular complexity index is 161. The second-order valence-electron chi connectivity index (χ2n) is 1.98. The van der Waals surface area contributed by atoms with E-state index < -0.39 is 24.6 Å². The van der Waals surface area contributed by atoms with Gasteiger partial charge in [0.1, 0.15) is 6.61 Å². The maximum Gasteiger partial charge on any atom is 0.423 e. The third-order valence-electron chi connectivity index (χ3n) is 1.04. The molecular weight excluding hydrogens is 194 g/mol. The standard InChI is InChI=1S/C4H4F6O2/c5-2(6,1-11)3(7,8)4(9,10)12/h11-12H,1H2. The average molecular weight is 198 g/mol. The average Bonchev–Trinajstić information content (AvgIpc) is 1.85. The van der Waals surface area contributed by atoms with Gasteiger partial charge in [0.25, 0.3) is 0 Å². The van der Waals surface area contributed by atoms with Crippen LogP contribution in [-0.4, -0.2) is 34.8 Å². The molecule has 0 saturated carbocycles. The second kappa shape index (κ2) is 2.77. The van der Waals surface area contributed by atoms with Gasteiger partial charge in [-0.05, 0) is 0 Å². The molecule has 0 aromatic rings. The largest absolute Gasteiger partial charge is 0.423 e. The molecule has 0 rings (SSSR count). The predicted octanol–water partition coefficient (Wildman–Crippen LogP) is 0.834. The van der Waals surface area contributed by atoms with Crippen molar-refractivity contribution >= 4 is 0 Å². The summed E-state index contributed by atoms with van der Waals surface area (Å²) in [5.74, 6) is -11.3. The summed E-state index contributed by atoms with van der Waals surface area (Å²) in [5.41, 5.74) is 0. The van der Waals surface area contributed by atoms with E-state index in [1.54, 1.807) is 0 Å². The van der Waals surface area contributed by atoms with E-state index in [1.807, 2.05) is 0 Å². The lowest BCUT2D eigenvalue weighted by atomic mass is 10.1. The van der Waals surface area contributed by atoms with Gasteiger partial charge in [-0.2, -0.15) is 26.3 Å². The monoisotopic (exact) mass is 198 g/mol. The molecule has 0 heterocycles. The zero-order valence-electron chi connectivity index (χ0n) is 5.37. The van der Waals surface area contributed by atoms with Crippen LogP contribution < -0.4 is 0 Å². The number of aliphatic hydroxyl groups is 2. The summed E-state index contributed by atoms with van der Waals surface area (Å²) < 4.78 is 70.0. The molecule has 0 fully saturated rings. The van der Waals surface area contributed by atoms with Gasteiger partial charge in [0.05, 0.1) is 0 Å². The maximum atomic E-state index is 11.8. The Kier molecular flexibility index (Phi) is 2.65. The van der Waals surface area contributed by atoms with Crippen molar-refractivity contribution in [3.63, 3.8) is 0 Å². The van der Waals surface area contributed by atoms with E-state index in [0.717, 1.165) is 0 Å². The number of halogens is 6. The number of hydrogen-bond donors (Lipinski definition) is 2. The quantitative estimate of drug-likeness (QED) is 0.659. The van der Waals surface area contributed by atoms with E-state index >= 15 is 0 Å². The van der Waals surface area contributed by atoms with E-state index in [2.05, 4.69) is 0 Å². The lowest BCUT2D eigenvalue weighted by molar-refractivity contribution is -0.387. The molecule has 0 bridgehead atoms. The zero-order chi connectivity index (χ0) is 10.2. The van der Waals surface area contributed by atoms with Crippen molar-refractivity contribution in [3.8, 4) is 0 Å².